The van der Waals surface area contributed by atoms with Crippen molar-refractivity contribution in [2.45, 2.75) is 50.6 Å². The van der Waals surface area contributed by atoms with Gasteiger partial charge in [-0.1, -0.05) is 23.8 Å². The Balaban J connectivity index is 1.98. The van der Waals surface area contributed by atoms with Gasteiger partial charge in [-0.05, 0) is 31.3 Å². The zero-order chi connectivity index (χ0) is 14.8. The number of carbonyl (C=O) groups is 1. The van der Waals surface area contributed by atoms with Crippen LogP contribution in [-0.2, 0) is 0 Å². The molecular formula is C12H17F2N3O2S. The van der Waals surface area contributed by atoms with Gasteiger partial charge in [0.2, 0.25) is 0 Å². The van der Waals surface area contributed by atoms with Crippen LogP contribution in [0.2, 0.25) is 0 Å². The van der Waals surface area contributed by atoms with E-state index in [0.717, 1.165) is 18.0 Å². The summed E-state index contributed by atoms with van der Waals surface area (Å²) in [6, 6.07) is 0. The first kappa shape index (κ1) is 15.2. The maximum absolute atomic E-state index is 14.1. The number of carbonyl (C=O) groups excluding carboxylic acids is 1. The fourth-order valence-electron chi connectivity index (χ4n) is 2.38. The van der Waals surface area contributed by atoms with Crippen LogP contribution in [0.3, 0.4) is 0 Å². The molecule has 0 atom stereocenters. The van der Waals surface area contributed by atoms with Gasteiger partial charge in [-0.2, -0.15) is 0 Å². The quantitative estimate of drug-likeness (QED) is 0.891. The van der Waals surface area contributed by atoms with Crippen molar-refractivity contribution < 1.29 is 18.7 Å². The molecule has 1 fully saturated rings. The van der Waals surface area contributed by atoms with Crippen molar-refractivity contribution in [3.63, 3.8) is 0 Å². The van der Waals surface area contributed by atoms with Crippen LogP contribution < -0.4 is 5.32 Å². The fraction of sp³-hybridized carbons (Fsp3) is 0.750. The van der Waals surface area contributed by atoms with Gasteiger partial charge in [0.15, 0.2) is 0 Å². The van der Waals surface area contributed by atoms with Crippen molar-refractivity contribution in [3.05, 3.63) is 10.6 Å². The van der Waals surface area contributed by atoms with E-state index in [9.17, 15) is 18.7 Å². The zero-order valence-corrected chi connectivity index (χ0v) is 12.0. The topological polar surface area (TPSA) is 75.1 Å². The molecule has 2 N–H and O–H groups in total. The first-order chi connectivity index (χ1) is 9.36. The van der Waals surface area contributed by atoms with Crippen LogP contribution >= 0.6 is 11.5 Å². The molecule has 1 aromatic heterocycles. The van der Waals surface area contributed by atoms with E-state index in [1.165, 1.54) is 0 Å². The Kier molecular flexibility index (Phi) is 4.33. The number of aromatic nitrogens is 2. The van der Waals surface area contributed by atoms with Crippen molar-refractivity contribution >= 4 is 17.4 Å². The third kappa shape index (κ3) is 2.95. The number of rotatable bonds is 4. The van der Waals surface area contributed by atoms with E-state index in [-0.39, 0.29) is 17.7 Å². The molecule has 1 aromatic rings. The summed E-state index contributed by atoms with van der Waals surface area (Å²) in [7, 11) is 0. The van der Waals surface area contributed by atoms with E-state index >= 15 is 0 Å². The lowest BCUT2D eigenvalue weighted by atomic mass is 9.80. The molecular weight excluding hydrogens is 288 g/mol. The average molecular weight is 305 g/mol. The lowest BCUT2D eigenvalue weighted by molar-refractivity contribution is -0.191. The van der Waals surface area contributed by atoms with Gasteiger partial charge in [0.05, 0.1) is 12.2 Å². The van der Waals surface area contributed by atoms with E-state index in [2.05, 4.69) is 14.9 Å². The van der Waals surface area contributed by atoms with E-state index in [0.29, 0.717) is 18.5 Å². The van der Waals surface area contributed by atoms with E-state index < -0.39 is 24.0 Å². The van der Waals surface area contributed by atoms with Gasteiger partial charge in [0.1, 0.15) is 10.5 Å². The molecule has 20 heavy (non-hydrogen) atoms. The highest BCUT2D eigenvalue weighted by molar-refractivity contribution is 7.07. The summed E-state index contributed by atoms with van der Waals surface area (Å²) in [6.07, 6.45) is 2.15. The molecule has 1 aliphatic carbocycles. The monoisotopic (exact) mass is 305 g/mol. The van der Waals surface area contributed by atoms with Crippen molar-refractivity contribution in [1.82, 2.24) is 14.9 Å². The molecule has 0 radical (unpaired) electrons. The van der Waals surface area contributed by atoms with Gasteiger partial charge in [-0.15, -0.1) is 5.10 Å². The maximum Gasteiger partial charge on any atom is 0.293 e. The Morgan fingerprint density at radius 3 is 2.65 bits per heavy atom. The van der Waals surface area contributed by atoms with Crippen LogP contribution in [0, 0.1) is 6.92 Å². The van der Waals surface area contributed by atoms with Crippen LogP contribution in [0.15, 0.2) is 0 Å². The van der Waals surface area contributed by atoms with Gasteiger partial charge in [0.25, 0.3) is 11.8 Å². The number of hydrogen-bond acceptors (Lipinski definition) is 5. The minimum Gasteiger partial charge on any atom is -0.384 e. The highest BCUT2D eigenvalue weighted by Crippen LogP contribution is 2.40. The predicted octanol–water partition coefficient (Wildman–Crippen LogP) is 1.91. The van der Waals surface area contributed by atoms with Crippen LogP contribution in [0.5, 0.6) is 0 Å². The summed E-state index contributed by atoms with van der Waals surface area (Å²) >= 11 is 0.862. The van der Waals surface area contributed by atoms with Gasteiger partial charge in [-0.25, -0.2) is 8.78 Å². The van der Waals surface area contributed by atoms with E-state index in [1.54, 1.807) is 6.92 Å². The second kappa shape index (κ2) is 5.69. The number of aliphatic hydroxyl groups is 1. The maximum atomic E-state index is 14.1. The normalized spacial score (nSPS) is 18.8. The molecule has 112 valence electrons. The first-order valence-electron chi connectivity index (χ1n) is 6.53. The highest BCUT2D eigenvalue weighted by Gasteiger charge is 2.52. The van der Waals surface area contributed by atoms with E-state index in [1.807, 2.05) is 0 Å². The zero-order valence-electron chi connectivity index (χ0n) is 11.2. The Morgan fingerprint density at radius 1 is 1.45 bits per heavy atom. The smallest absolute Gasteiger partial charge is 0.293 e. The van der Waals surface area contributed by atoms with Crippen molar-refractivity contribution in [2.24, 2.45) is 0 Å². The lowest BCUT2D eigenvalue weighted by Gasteiger charge is -2.38. The van der Waals surface area contributed by atoms with E-state index in [4.69, 9.17) is 0 Å². The van der Waals surface area contributed by atoms with Crippen LogP contribution in [-0.4, -0.2) is 38.7 Å². The van der Waals surface area contributed by atoms with Crippen LogP contribution in [0.25, 0.3) is 0 Å². The van der Waals surface area contributed by atoms with Gasteiger partial charge >= 0.3 is 0 Å². The second-order valence-corrected chi connectivity index (χ2v) is 5.92. The first-order valence-corrected chi connectivity index (χ1v) is 7.30. The molecule has 8 heteroatoms. The van der Waals surface area contributed by atoms with Crippen LogP contribution in [0.1, 0.15) is 47.5 Å². The lowest BCUT2D eigenvalue weighted by Crippen LogP contribution is -2.55. The summed E-state index contributed by atoms with van der Waals surface area (Å²) in [4.78, 5) is 12.0. The van der Waals surface area contributed by atoms with Gasteiger partial charge in [0, 0.05) is 0 Å². The summed E-state index contributed by atoms with van der Waals surface area (Å²) < 4.78 is 31.8. The van der Waals surface area contributed by atoms with Crippen molar-refractivity contribution in [3.8, 4) is 0 Å². The number of nitrogens with zero attached hydrogens (tertiary/aromatic N) is 2. The number of aryl methyl sites for hydroxylation is 1. The molecule has 1 heterocycles. The number of halogens is 2. The summed E-state index contributed by atoms with van der Waals surface area (Å²) in [5.74, 6) is -3.97. The highest BCUT2D eigenvalue weighted by atomic mass is 32.1. The standard InChI is InChI=1S/C12H17F2N3O2S/c1-8-9(20-17-16-8)10(18)15-7-12(13,14)11(19)5-3-2-4-6-11/h19H,2-7H2,1H3,(H,15,18). The number of nitrogens with one attached hydrogen (secondary N) is 1. The SMILES string of the molecule is Cc1nnsc1C(=O)NCC(F)(F)C1(O)CCCCC1. The minimum absolute atomic E-state index is 0.0665. The Labute approximate surface area is 119 Å². The molecule has 0 aliphatic heterocycles. The summed E-state index contributed by atoms with van der Waals surface area (Å²) in [5.41, 5.74) is -1.60. The summed E-state index contributed by atoms with van der Waals surface area (Å²) in [5, 5.41) is 15.9. The Morgan fingerprint density at radius 2 is 2.10 bits per heavy atom. The number of alkyl halides is 2. The fourth-order valence-corrected chi connectivity index (χ4v) is 2.95. The summed E-state index contributed by atoms with van der Waals surface area (Å²) in [6.45, 7) is 0.713. The molecule has 0 aromatic carbocycles. The molecule has 1 saturated carbocycles. The molecule has 1 amide bonds. The predicted molar refractivity (Wildman–Crippen MR) is 70.0 cm³/mol. The molecule has 0 saturated heterocycles. The third-order valence-corrected chi connectivity index (χ3v) is 4.52. The molecule has 2 rings (SSSR count). The van der Waals surface area contributed by atoms with Gasteiger partial charge < -0.3 is 10.4 Å². The van der Waals surface area contributed by atoms with Crippen LogP contribution in [0.4, 0.5) is 8.78 Å². The third-order valence-electron chi connectivity index (χ3n) is 3.69. The average Bonchev–Trinajstić information content (AvgIpc) is 2.83. The Bertz CT molecular complexity index is 487. The van der Waals surface area contributed by atoms with Crippen molar-refractivity contribution in [2.75, 3.05) is 6.54 Å². The molecule has 0 unspecified atom stereocenters. The minimum atomic E-state index is -3.34. The largest absolute Gasteiger partial charge is 0.384 e. The molecule has 5 nitrogen and oxygen atoms in total. The Hall–Kier alpha value is -1.15. The van der Waals surface area contributed by atoms with Gasteiger partial charge in [-0.3, -0.25) is 4.79 Å². The molecule has 0 bridgehead atoms. The number of hydrogen-bond donors (Lipinski definition) is 2. The molecule has 0 spiro atoms. The second-order valence-electron chi connectivity index (χ2n) is 5.17. The number of amides is 1. The van der Waals surface area contributed by atoms with Crippen molar-refractivity contribution in [1.29, 1.82) is 0 Å². The molecule has 1 aliphatic rings.